The predicted octanol–water partition coefficient (Wildman–Crippen LogP) is 3.92. The van der Waals surface area contributed by atoms with Gasteiger partial charge in [0.15, 0.2) is 0 Å². The fourth-order valence-corrected chi connectivity index (χ4v) is 2.87. The third kappa shape index (κ3) is 2.74. The number of fused-ring (bicyclic) bond motifs is 1. The molecule has 2 aromatic carbocycles. The third-order valence-corrected chi connectivity index (χ3v) is 4.30. The van der Waals surface area contributed by atoms with Crippen LogP contribution >= 0.6 is 11.6 Å². The molecule has 0 saturated carbocycles. The molecular formula is C18H11ClN4O3. The molecule has 0 spiro atoms. The summed E-state index contributed by atoms with van der Waals surface area (Å²) in [7, 11) is 0. The second-order valence-electron chi connectivity index (χ2n) is 5.65. The molecule has 0 aliphatic rings. The Bertz CT molecular complexity index is 1180. The molecule has 8 heteroatoms. The minimum Gasteiger partial charge on any atom is -0.339 e. The number of nitrogens with zero attached hydrogens (tertiary/aromatic N) is 3. The van der Waals surface area contributed by atoms with Crippen LogP contribution in [0.4, 0.5) is 5.69 Å². The Morgan fingerprint density at radius 3 is 2.35 bits per heavy atom. The van der Waals surface area contributed by atoms with Crippen LogP contribution in [0.15, 0.2) is 65.6 Å². The number of nitrogens with one attached hydrogen (secondary N) is 1. The highest BCUT2D eigenvalue weighted by Gasteiger charge is 2.12. The number of nitro benzene ring substituents is 1. The quantitative estimate of drug-likeness (QED) is 0.439. The van der Waals surface area contributed by atoms with E-state index < -0.39 is 4.92 Å². The topological polar surface area (TPSA) is 93.3 Å². The first-order chi connectivity index (χ1) is 12.5. The second-order valence-corrected chi connectivity index (χ2v) is 6.09. The van der Waals surface area contributed by atoms with Gasteiger partial charge in [-0.05, 0) is 35.4 Å². The van der Waals surface area contributed by atoms with Crippen molar-refractivity contribution in [3.05, 3.63) is 86.3 Å². The number of hydrogen-bond acceptors (Lipinski definition) is 4. The molecule has 0 atom stereocenters. The molecule has 0 saturated heterocycles. The van der Waals surface area contributed by atoms with Crippen molar-refractivity contribution in [2.24, 2.45) is 0 Å². The first-order valence-electron chi connectivity index (χ1n) is 7.65. The molecular weight excluding hydrogens is 356 g/mol. The van der Waals surface area contributed by atoms with Gasteiger partial charge in [-0.15, -0.1) is 0 Å². The zero-order valence-electron chi connectivity index (χ0n) is 13.2. The average Bonchev–Trinajstić information content (AvgIpc) is 3.07. The fourth-order valence-electron chi connectivity index (χ4n) is 2.74. The molecule has 0 aliphatic heterocycles. The minimum absolute atomic E-state index is 0.0108. The van der Waals surface area contributed by atoms with Crippen LogP contribution in [-0.4, -0.2) is 19.5 Å². The van der Waals surface area contributed by atoms with E-state index in [1.807, 2.05) is 12.1 Å². The van der Waals surface area contributed by atoms with Gasteiger partial charge in [-0.1, -0.05) is 23.7 Å². The molecule has 0 aliphatic carbocycles. The Hall–Kier alpha value is -3.45. The molecule has 1 N–H and O–H groups in total. The maximum atomic E-state index is 12.4. The van der Waals surface area contributed by atoms with Gasteiger partial charge in [-0.3, -0.25) is 14.9 Å². The molecule has 0 unspecified atom stereocenters. The standard InChI is InChI=1S/C18H11ClN4O3/c19-13-5-1-11(2-6-13)15-10-20-22-17(24)9-16(21-18(15)22)12-3-7-14(8-4-12)23(25)26/h1-10,21H. The number of non-ortho nitro benzene ring substituents is 1. The molecule has 7 nitrogen and oxygen atoms in total. The van der Waals surface area contributed by atoms with Crippen molar-refractivity contribution in [2.75, 3.05) is 0 Å². The highest BCUT2D eigenvalue weighted by Crippen LogP contribution is 2.26. The van der Waals surface area contributed by atoms with Gasteiger partial charge < -0.3 is 4.98 Å². The molecule has 0 amide bonds. The molecule has 2 aromatic heterocycles. The van der Waals surface area contributed by atoms with Crippen LogP contribution in [-0.2, 0) is 0 Å². The van der Waals surface area contributed by atoms with Gasteiger partial charge in [0.25, 0.3) is 11.2 Å². The highest BCUT2D eigenvalue weighted by molar-refractivity contribution is 6.30. The molecule has 4 aromatic rings. The van der Waals surface area contributed by atoms with Crippen LogP contribution in [0.1, 0.15) is 0 Å². The number of H-pyrrole nitrogens is 1. The van der Waals surface area contributed by atoms with Crippen molar-refractivity contribution >= 4 is 22.9 Å². The van der Waals surface area contributed by atoms with Gasteiger partial charge in [0.2, 0.25) is 0 Å². The summed E-state index contributed by atoms with van der Waals surface area (Å²) in [4.78, 5) is 25.9. The first-order valence-corrected chi connectivity index (χ1v) is 8.02. The lowest BCUT2D eigenvalue weighted by Crippen LogP contribution is -2.14. The fraction of sp³-hybridized carbons (Fsp3) is 0. The van der Waals surface area contributed by atoms with E-state index in [0.29, 0.717) is 21.9 Å². The lowest BCUT2D eigenvalue weighted by Gasteiger charge is -2.05. The van der Waals surface area contributed by atoms with E-state index in [4.69, 9.17) is 11.6 Å². The summed E-state index contributed by atoms with van der Waals surface area (Å²) in [5, 5.41) is 15.6. The second kappa shape index (κ2) is 6.12. The number of aromatic nitrogens is 3. The summed E-state index contributed by atoms with van der Waals surface area (Å²) >= 11 is 5.93. The normalized spacial score (nSPS) is 11.0. The van der Waals surface area contributed by atoms with E-state index in [2.05, 4.69) is 10.1 Å². The average molecular weight is 367 g/mol. The molecule has 128 valence electrons. The van der Waals surface area contributed by atoms with Crippen molar-refractivity contribution in [3.63, 3.8) is 0 Å². The number of halogens is 1. The van der Waals surface area contributed by atoms with Gasteiger partial charge >= 0.3 is 0 Å². The Labute approximate surface area is 151 Å². The van der Waals surface area contributed by atoms with E-state index in [-0.39, 0.29) is 11.2 Å². The van der Waals surface area contributed by atoms with Crippen LogP contribution in [0.2, 0.25) is 5.02 Å². The zero-order valence-corrected chi connectivity index (χ0v) is 14.0. The maximum absolute atomic E-state index is 12.4. The van der Waals surface area contributed by atoms with Gasteiger partial charge in [0.1, 0.15) is 5.65 Å². The summed E-state index contributed by atoms with van der Waals surface area (Å²) in [5.41, 5.74) is 3.05. The molecule has 2 heterocycles. The third-order valence-electron chi connectivity index (χ3n) is 4.04. The number of aromatic amines is 1. The number of rotatable bonds is 3. The molecule has 4 rings (SSSR count). The lowest BCUT2D eigenvalue weighted by atomic mass is 10.1. The smallest absolute Gasteiger partial charge is 0.274 e. The van der Waals surface area contributed by atoms with E-state index in [1.165, 1.54) is 22.7 Å². The predicted molar refractivity (Wildman–Crippen MR) is 98.3 cm³/mol. The minimum atomic E-state index is -0.467. The summed E-state index contributed by atoms with van der Waals surface area (Å²) in [6.07, 6.45) is 1.61. The van der Waals surface area contributed by atoms with Crippen LogP contribution in [0.5, 0.6) is 0 Å². The molecule has 0 bridgehead atoms. The number of hydrogen-bond donors (Lipinski definition) is 1. The van der Waals surface area contributed by atoms with Crippen LogP contribution in [0.3, 0.4) is 0 Å². The van der Waals surface area contributed by atoms with Crippen molar-refractivity contribution in [3.8, 4) is 22.4 Å². The SMILES string of the molecule is O=c1cc(-c2ccc([N+](=O)[O-])cc2)[nH]c2c(-c3ccc(Cl)cc3)cnn12. The Balaban J connectivity index is 1.87. The van der Waals surface area contributed by atoms with E-state index in [9.17, 15) is 14.9 Å². The zero-order chi connectivity index (χ0) is 18.3. The lowest BCUT2D eigenvalue weighted by molar-refractivity contribution is -0.384. The van der Waals surface area contributed by atoms with E-state index >= 15 is 0 Å². The summed E-state index contributed by atoms with van der Waals surface area (Å²) in [6, 6.07) is 14.6. The summed E-state index contributed by atoms with van der Waals surface area (Å²) in [5.74, 6) is 0. The van der Waals surface area contributed by atoms with Gasteiger partial charge in [0.05, 0.1) is 16.8 Å². The Morgan fingerprint density at radius 2 is 1.69 bits per heavy atom. The van der Waals surface area contributed by atoms with Crippen molar-refractivity contribution in [1.29, 1.82) is 0 Å². The van der Waals surface area contributed by atoms with E-state index in [1.54, 1.807) is 30.5 Å². The Kier molecular flexibility index (Phi) is 3.78. The molecule has 0 radical (unpaired) electrons. The van der Waals surface area contributed by atoms with E-state index in [0.717, 1.165) is 11.1 Å². The number of benzene rings is 2. The van der Waals surface area contributed by atoms with Crippen LogP contribution < -0.4 is 5.56 Å². The monoisotopic (exact) mass is 366 g/mol. The Morgan fingerprint density at radius 1 is 1.04 bits per heavy atom. The van der Waals surface area contributed by atoms with Crippen LogP contribution in [0, 0.1) is 10.1 Å². The number of nitro groups is 1. The van der Waals surface area contributed by atoms with Gasteiger partial charge in [-0.2, -0.15) is 9.61 Å². The highest BCUT2D eigenvalue weighted by atomic mass is 35.5. The molecule has 26 heavy (non-hydrogen) atoms. The van der Waals surface area contributed by atoms with Gasteiger partial charge in [-0.25, -0.2) is 0 Å². The van der Waals surface area contributed by atoms with Crippen molar-refractivity contribution in [1.82, 2.24) is 14.6 Å². The largest absolute Gasteiger partial charge is 0.339 e. The summed E-state index contributed by atoms with van der Waals surface area (Å²) < 4.78 is 1.28. The van der Waals surface area contributed by atoms with Gasteiger partial charge in [0, 0.05) is 28.8 Å². The first kappa shape index (κ1) is 16.0. The molecule has 0 fully saturated rings. The van der Waals surface area contributed by atoms with Crippen molar-refractivity contribution < 1.29 is 4.92 Å². The maximum Gasteiger partial charge on any atom is 0.274 e. The van der Waals surface area contributed by atoms with Crippen LogP contribution in [0.25, 0.3) is 28.0 Å². The van der Waals surface area contributed by atoms with Crippen molar-refractivity contribution in [2.45, 2.75) is 0 Å². The summed E-state index contributed by atoms with van der Waals surface area (Å²) in [6.45, 7) is 0.